The molecule has 0 saturated carbocycles. The Labute approximate surface area is 257 Å². The van der Waals surface area contributed by atoms with Crippen molar-refractivity contribution in [2.75, 3.05) is 19.8 Å². The molecule has 0 aliphatic carbocycles. The topological polar surface area (TPSA) is 41.9 Å². The first-order chi connectivity index (χ1) is 21.5. The summed E-state index contributed by atoms with van der Waals surface area (Å²) in [7, 11) is 0. The van der Waals surface area contributed by atoms with Crippen LogP contribution in [0.25, 0.3) is 0 Å². The molecule has 0 aromatic heterocycles. The average Bonchev–Trinajstić information content (AvgIpc) is 3.41. The van der Waals surface area contributed by atoms with Gasteiger partial charge in [-0.15, -0.1) is 0 Å². The van der Waals surface area contributed by atoms with Crippen molar-refractivity contribution in [1.82, 2.24) is 4.90 Å². The Bertz CT molecular complexity index is 1430. The minimum Gasteiger partial charge on any atom is -0.393 e. The van der Waals surface area contributed by atoms with E-state index in [4.69, 9.17) is 9.47 Å². The molecule has 1 fully saturated rings. The Morgan fingerprint density at radius 3 is 1.69 bits per heavy atom. The average molecular weight is 630 g/mol. The second-order valence-electron chi connectivity index (χ2n) is 11.2. The van der Waals surface area contributed by atoms with Crippen LogP contribution >= 0.6 is 0 Å². The fraction of sp³-hybridized carbons (Fsp3) is 0.314. The lowest BCUT2D eigenvalue weighted by atomic mass is 9.87. The Morgan fingerprint density at radius 2 is 1.22 bits per heavy atom. The van der Waals surface area contributed by atoms with Crippen LogP contribution in [0.4, 0.5) is 26.3 Å². The highest BCUT2D eigenvalue weighted by atomic mass is 19.4. The molecule has 1 aliphatic heterocycles. The van der Waals surface area contributed by atoms with Gasteiger partial charge in [-0.05, 0) is 40.5 Å². The lowest BCUT2D eigenvalue weighted by Crippen LogP contribution is -2.33. The fourth-order valence-electron chi connectivity index (χ4n) is 5.80. The maximum Gasteiger partial charge on any atom is 0.416 e. The zero-order chi connectivity index (χ0) is 32.0. The summed E-state index contributed by atoms with van der Waals surface area (Å²) in [5.74, 6) is -0.557. The van der Waals surface area contributed by atoms with Crippen molar-refractivity contribution < 1.29 is 40.9 Å². The number of aliphatic hydroxyl groups excluding tert-OH is 1. The quantitative estimate of drug-likeness (QED) is 0.170. The van der Waals surface area contributed by atoms with Crippen LogP contribution in [-0.4, -0.2) is 36.1 Å². The number of benzene rings is 4. The lowest BCUT2D eigenvalue weighted by Gasteiger charge is -2.31. The number of ether oxygens (including phenoxy) is 2. The fourth-order valence-corrected chi connectivity index (χ4v) is 5.80. The van der Waals surface area contributed by atoms with E-state index in [1.807, 2.05) is 91.0 Å². The molecule has 45 heavy (non-hydrogen) atoms. The Morgan fingerprint density at radius 1 is 0.733 bits per heavy atom. The van der Waals surface area contributed by atoms with Crippen LogP contribution in [0.1, 0.15) is 45.4 Å². The number of hydrogen-bond acceptors (Lipinski definition) is 4. The van der Waals surface area contributed by atoms with E-state index in [0.717, 1.165) is 16.7 Å². The molecule has 1 saturated heterocycles. The molecule has 0 unspecified atom stereocenters. The van der Waals surface area contributed by atoms with Gasteiger partial charge in [0.2, 0.25) is 0 Å². The van der Waals surface area contributed by atoms with Gasteiger partial charge in [-0.3, -0.25) is 4.90 Å². The van der Waals surface area contributed by atoms with Crippen LogP contribution in [0.15, 0.2) is 109 Å². The largest absolute Gasteiger partial charge is 0.416 e. The first kappa shape index (κ1) is 32.7. The molecule has 4 aromatic carbocycles. The second-order valence-corrected chi connectivity index (χ2v) is 11.2. The van der Waals surface area contributed by atoms with E-state index in [2.05, 4.69) is 4.90 Å². The van der Waals surface area contributed by atoms with Crippen molar-refractivity contribution >= 4 is 0 Å². The zero-order valence-electron chi connectivity index (χ0n) is 24.2. The third-order valence-electron chi connectivity index (χ3n) is 7.90. The smallest absolute Gasteiger partial charge is 0.393 e. The minimum atomic E-state index is -5.03. The molecule has 0 amide bonds. The normalized spacial score (nSPS) is 19.6. The summed E-state index contributed by atoms with van der Waals surface area (Å²) in [6.07, 6.45) is -12.6. The summed E-state index contributed by atoms with van der Waals surface area (Å²) in [6.45, 7) is 1.23. The monoisotopic (exact) mass is 629 g/mol. The molecule has 4 aromatic rings. The number of aliphatic hydroxyl groups is 1. The van der Waals surface area contributed by atoms with Crippen molar-refractivity contribution in [2.24, 2.45) is 5.92 Å². The van der Waals surface area contributed by atoms with Crippen molar-refractivity contribution in [3.8, 4) is 0 Å². The molecule has 238 valence electrons. The van der Waals surface area contributed by atoms with Crippen LogP contribution in [-0.2, 0) is 34.9 Å². The summed E-state index contributed by atoms with van der Waals surface area (Å²) >= 11 is 0. The highest BCUT2D eigenvalue weighted by Crippen LogP contribution is 2.42. The molecule has 4 nitrogen and oxygen atoms in total. The first-order valence-electron chi connectivity index (χ1n) is 14.5. The van der Waals surface area contributed by atoms with Crippen LogP contribution in [0.3, 0.4) is 0 Å². The van der Waals surface area contributed by atoms with E-state index in [1.165, 1.54) is 0 Å². The standard InChI is InChI=1S/C35H33F6NO3/c36-34(37,38)29-16-27(17-30(18-29)35(39,40)41)31(22-43)45-33-32(26-14-8-3-9-15-26)28(23-44-33)21-42(19-24-10-4-1-5-11-24)20-25-12-6-2-7-13-25/h1-18,28,31-33,43H,19-23H2/t28-,31-,32+,33+/m0/s1. The molecule has 1 aliphatic rings. The second kappa shape index (κ2) is 14.2. The van der Waals surface area contributed by atoms with Crippen molar-refractivity contribution in [1.29, 1.82) is 0 Å². The van der Waals surface area contributed by atoms with Gasteiger partial charge in [0.1, 0.15) is 6.10 Å². The minimum absolute atomic E-state index is 0.0564. The third kappa shape index (κ3) is 8.52. The van der Waals surface area contributed by atoms with E-state index in [1.54, 1.807) is 0 Å². The lowest BCUT2D eigenvalue weighted by molar-refractivity contribution is -0.163. The molecule has 0 spiro atoms. The van der Waals surface area contributed by atoms with Crippen LogP contribution in [0, 0.1) is 5.92 Å². The van der Waals surface area contributed by atoms with E-state index in [0.29, 0.717) is 31.8 Å². The van der Waals surface area contributed by atoms with Crippen LogP contribution < -0.4 is 0 Å². The molecular weight excluding hydrogens is 596 g/mol. The molecule has 4 atom stereocenters. The van der Waals surface area contributed by atoms with Gasteiger partial charge in [0.25, 0.3) is 0 Å². The predicted molar refractivity (Wildman–Crippen MR) is 157 cm³/mol. The summed E-state index contributed by atoms with van der Waals surface area (Å²) in [5.41, 5.74) is -0.314. The third-order valence-corrected chi connectivity index (χ3v) is 7.90. The molecule has 0 bridgehead atoms. The van der Waals surface area contributed by atoms with E-state index in [9.17, 15) is 31.4 Å². The number of hydrogen-bond donors (Lipinski definition) is 1. The summed E-state index contributed by atoms with van der Waals surface area (Å²) in [6, 6.07) is 30.5. The van der Waals surface area contributed by atoms with Gasteiger partial charge in [-0.2, -0.15) is 26.3 Å². The van der Waals surface area contributed by atoms with Gasteiger partial charge in [-0.25, -0.2) is 0 Å². The zero-order valence-corrected chi connectivity index (χ0v) is 24.2. The number of halogens is 6. The number of rotatable bonds is 11. The Hall–Kier alpha value is -3.70. The molecule has 5 rings (SSSR count). The van der Waals surface area contributed by atoms with Crippen LogP contribution in [0.2, 0.25) is 0 Å². The maximum absolute atomic E-state index is 13.6. The first-order valence-corrected chi connectivity index (χ1v) is 14.5. The molecule has 0 radical (unpaired) electrons. The van der Waals surface area contributed by atoms with Gasteiger partial charge in [0.15, 0.2) is 6.29 Å². The van der Waals surface area contributed by atoms with Gasteiger partial charge in [0.05, 0.1) is 24.3 Å². The Kier molecular flexibility index (Phi) is 10.3. The van der Waals surface area contributed by atoms with E-state index < -0.39 is 54.0 Å². The summed E-state index contributed by atoms with van der Waals surface area (Å²) in [4.78, 5) is 2.28. The van der Waals surface area contributed by atoms with E-state index in [-0.39, 0.29) is 18.6 Å². The van der Waals surface area contributed by atoms with Gasteiger partial charge in [-0.1, -0.05) is 91.0 Å². The van der Waals surface area contributed by atoms with Crippen LogP contribution in [0.5, 0.6) is 0 Å². The predicted octanol–water partition coefficient (Wildman–Crippen LogP) is 8.23. The van der Waals surface area contributed by atoms with Gasteiger partial charge < -0.3 is 14.6 Å². The number of alkyl halides is 6. The maximum atomic E-state index is 13.6. The van der Waals surface area contributed by atoms with E-state index >= 15 is 0 Å². The van der Waals surface area contributed by atoms with Crippen molar-refractivity contribution in [3.63, 3.8) is 0 Å². The highest BCUT2D eigenvalue weighted by Gasteiger charge is 2.42. The SMILES string of the molecule is OC[C@H](O[C@H]1OC[C@H](CN(Cc2ccccc2)Cc2ccccc2)[C@H]1c1ccccc1)c1cc(C(F)(F)F)cc(C(F)(F)F)c1. The molecule has 10 heteroatoms. The van der Waals surface area contributed by atoms with Gasteiger partial charge >= 0.3 is 12.4 Å². The van der Waals surface area contributed by atoms with Crippen molar-refractivity contribution in [2.45, 2.75) is 43.8 Å². The summed E-state index contributed by atoms with van der Waals surface area (Å²) < 4.78 is 93.6. The summed E-state index contributed by atoms with van der Waals surface area (Å²) in [5, 5.41) is 10.2. The highest BCUT2D eigenvalue weighted by molar-refractivity contribution is 5.35. The molecule has 1 N–H and O–H groups in total. The molecular formula is C35H33F6NO3. The van der Waals surface area contributed by atoms with Crippen molar-refractivity contribution in [3.05, 3.63) is 143 Å². The molecule has 1 heterocycles. The van der Waals surface area contributed by atoms with Gasteiger partial charge in [0, 0.05) is 31.5 Å². The Balaban J connectivity index is 1.44. The number of nitrogens with zero attached hydrogens (tertiary/aromatic N) is 1.